The molecule has 1 rings (SSSR count). The Kier molecular flexibility index (Phi) is 2.46. The van der Waals surface area contributed by atoms with Gasteiger partial charge in [-0.3, -0.25) is 4.79 Å². The number of esters is 1. The largest absolute Gasteiger partial charge is 0.464 e. The number of carbonyl (C=O) groups is 2. The number of nitrogens with zero attached hydrogens (tertiary/aromatic N) is 2. The predicted molar refractivity (Wildman–Crippen MR) is 45.7 cm³/mol. The van der Waals surface area contributed by atoms with Gasteiger partial charge in [0.15, 0.2) is 5.71 Å². The highest BCUT2D eigenvalue weighted by atomic mass is 16.5. The van der Waals surface area contributed by atoms with Crippen LogP contribution in [0.15, 0.2) is 17.9 Å². The maximum absolute atomic E-state index is 11.3. The Morgan fingerprint density at radius 3 is 2.77 bits per heavy atom. The van der Waals surface area contributed by atoms with Gasteiger partial charge in [-0.2, -0.15) is 5.10 Å². The average molecular weight is 182 g/mol. The van der Waals surface area contributed by atoms with E-state index in [1.165, 1.54) is 13.3 Å². The average Bonchev–Trinajstić information content (AvgIpc) is 2.43. The third-order valence-corrected chi connectivity index (χ3v) is 1.79. The number of hydrogen-bond donors (Lipinski definition) is 0. The molecule has 5 heteroatoms. The molecule has 1 aliphatic rings. The van der Waals surface area contributed by atoms with Crippen LogP contribution in [0.1, 0.15) is 6.92 Å². The molecular weight excluding hydrogens is 172 g/mol. The first kappa shape index (κ1) is 9.44. The molecule has 0 radical (unpaired) electrons. The van der Waals surface area contributed by atoms with Gasteiger partial charge in [0.05, 0.1) is 13.0 Å². The fourth-order valence-corrected chi connectivity index (χ4v) is 1.02. The smallest absolute Gasteiger partial charge is 0.355 e. The molecule has 0 aromatic heterocycles. The van der Waals surface area contributed by atoms with Crippen molar-refractivity contribution in [2.45, 2.75) is 6.92 Å². The van der Waals surface area contributed by atoms with Crippen molar-refractivity contribution in [1.29, 1.82) is 0 Å². The summed E-state index contributed by atoms with van der Waals surface area (Å²) in [4.78, 5) is 22.4. The first-order valence-corrected chi connectivity index (χ1v) is 3.74. The minimum atomic E-state index is -0.579. The van der Waals surface area contributed by atoms with Crippen LogP contribution >= 0.6 is 0 Å². The van der Waals surface area contributed by atoms with E-state index in [-0.39, 0.29) is 11.6 Å². The van der Waals surface area contributed by atoms with E-state index >= 15 is 0 Å². The second-order valence-electron chi connectivity index (χ2n) is 2.56. The van der Waals surface area contributed by atoms with E-state index in [1.54, 1.807) is 6.92 Å². The number of methoxy groups -OCH3 is 1. The Hall–Kier alpha value is -1.65. The lowest BCUT2D eigenvalue weighted by molar-refractivity contribution is -0.134. The number of rotatable bonds is 2. The monoisotopic (exact) mass is 182 g/mol. The van der Waals surface area contributed by atoms with Gasteiger partial charge in [0.2, 0.25) is 0 Å². The number of amides is 1. The van der Waals surface area contributed by atoms with Crippen LogP contribution in [0.3, 0.4) is 0 Å². The molecule has 70 valence electrons. The lowest BCUT2D eigenvalue weighted by Gasteiger charge is -2.03. The van der Waals surface area contributed by atoms with Crippen LogP contribution in [0, 0.1) is 5.92 Å². The Bertz CT molecular complexity index is 296. The fraction of sp³-hybridized carbons (Fsp3) is 0.375. The summed E-state index contributed by atoms with van der Waals surface area (Å²) in [5.74, 6) is -1.40. The summed E-state index contributed by atoms with van der Waals surface area (Å²) in [6.45, 7) is 4.99. The first-order valence-electron chi connectivity index (χ1n) is 3.74. The molecule has 0 spiro atoms. The van der Waals surface area contributed by atoms with Crippen molar-refractivity contribution in [3.8, 4) is 0 Å². The zero-order valence-electron chi connectivity index (χ0n) is 7.48. The summed E-state index contributed by atoms with van der Waals surface area (Å²) in [7, 11) is 1.25. The molecule has 0 bridgehead atoms. The first-order chi connectivity index (χ1) is 6.11. The van der Waals surface area contributed by atoms with Crippen LogP contribution < -0.4 is 0 Å². The highest BCUT2D eigenvalue weighted by Gasteiger charge is 2.35. The van der Waals surface area contributed by atoms with Crippen LogP contribution in [0.4, 0.5) is 0 Å². The van der Waals surface area contributed by atoms with Gasteiger partial charge in [0.25, 0.3) is 5.91 Å². The molecule has 0 aliphatic carbocycles. The normalized spacial score (nSPS) is 21.4. The van der Waals surface area contributed by atoms with Crippen molar-refractivity contribution < 1.29 is 14.3 Å². The molecule has 0 saturated carbocycles. The van der Waals surface area contributed by atoms with Gasteiger partial charge < -0.3 is 4.74 Å². The van der Waals surface area contributed by atoms with Gasteiger partial charge in [-0.25, -0.2) is 9.80 Å². The van der Waals surface area contributed by atoms with Gasteiger partial charge in [0.1, 0.15) is 0 Å². The summed E-state index contributed by atoms with van der Waals surface area (Å²) in [5, 5.41) is 4.79. The van der Waals surface area contributed by atoms with Crippen molar-refractivity contribution in [2.24, 2.45) is 11.0 Å². The van der Waals surface area contributed by atoms with Gasteiger partial charge in [0, 0.05) is 6.20 Å². The molecule has 0 aromatic rings. The van der Waals surface area contributed by atoms with Crippen molar-refractivity contribution in [2.75, 3.05) is 7.11 Å². The number of hydrazone groups is 1. The molecule has 1 atom stereocenters. The number of carbonyl (C=O) groups excluding carboxylic acids is 2. The molecule has 0 fully saturated rings. The van der Waals surface area contributed by atoms with E-state index in [0.717, 1.165) is 5.01 Å². The molecule has 1 unspecified atom stereocenters. The van der Waals surface area contributed by atoms with Gasteiger partial charge in [-0.15, -0.1) is 0 Å². The second kappa shape index (κ2) is 3.38. The summed E-state index contributed by atoms with van der Waals surface area (Å²) in [5.41, 5.74) is 0.118. The van der Waals surface area contributed by atoms with E-state index in [0.29, 0.717) is 0 Å². The quantitative estimate of drug-likeness (QED) is 0.570. The second-order valence-corrected chi connectivity index (χ2v) is 2.56. The zero-order valence-corrected chi connectivity index (χ0v) is 7.48. The topological polar surface area (TPSA) is 59.0 Å². The molecule has 1 amide bonds. The molecule has 0 aromatic carbocycles. The number of hydrogen-bond acceptors (Lipinski definition) is 4. The summed E-state index contributed by atoms with van der Waals surface area (Å²) < 4.78 is 4.46. The Morgan fingerprint density at radius 1 is 1.77 bits per heavy atom. The third kappa shape index (κ3) is 1.44. The van der Waals surface area contributed by atoms with Crippen LogP contribution in [0.2, 0.25) is 0 Å². The summed E-state index contributed by atoms with van der Waals surface area (Å²) in [6.07, 6.45) is 1.26. The molecule has 1 heterocycles. The van der Waals surface area contributed by atoms with Crippen molar-refractivity contribution in [1.82, 2.24) is 5.01 Å². The van der Waals surface area contributed by atoms with Crippen LogP contribution in [0.25, 0.3) is 0 Å². The zero-order chi connectivity index (χ0) is 10.0. The Labute approximate surface area is 75.7 Å². The molecule has 0 N–H and O–H groups in total. The van der Waals surface area contributed by atoms with E-state index in [1.807, 2.05) is 0 Å². The van der Waals surface area contributed by atoms with Gasteiger partial charge in [-0.1, -0.05) is 6.58 Å². The van der Waals surface area contributed by atoms with Crippen molar-refractivity contribution in [3.63, 3.8) is 0 Å². The van der Waals surface area contributed by atoms with Gasteiger partial charge in [-0.05, 0) is 6.92 Å². The predicted octanol–water partition coefficient (Wildman–Crippen LogP) is 0.137. The fourth-order valence-electron chi connectivity index (χ4n) is 1.02. The Balaban J connectivity index is 2.93. The highest BCUT2D eigenvalue weighted by molar-refractivity contribution is 6.42. The summed E-state index contributed by atoms with van der Waals surface area (Å²) in [6, 6.07) is 0. The van der Waals surface area contributed by atoms with E-state index in [2.05, 4.69) is 16.4 Å². The summed E-state index contributed by atoms with van der Waals surface area (Å²) >= 11 is 0. The minimum absolute atomic E-state index is 0.118. The standard InChI is InChI=1S/C8H10N2O3/c1-4-10-7(11)5(2)6(9-10)8(12)13-3/h4-5H,1H2,2-3H3. The van der Waals surface area contributed by atoms with Gasteiger partial charge >= 0.3 is 5.97 Å². The van der Waals surface area contributed by atoms with E-state index < -0.39 is 11.9 Å². The minimum Gasteiger partial charge on any atom is -0.464 e. The van der Waals surface area contributed by atoms with Crippen LogP contribution in [-0.4, -0.2) is 29.7 Å². The molecule has 1 aliphatic heterocycles. The van der Waals surface area contributed by atoms with Crippen LogP contribution in [0.5, 0.6) is 0 Å². The van der Waals surface area contributed by atoms with E-state index in [4.69, 9.17) is 0 Å². The molecule has 13 heavy (non-hydrogen) atoms. The third-order valence-electron chi connectivity index (χ3n) is 1.79. The SMILES string of the molecule is C=CN1N=C(C(=O)OC)C(C)C1=O. The van der Waals surface area contributed by atoms with Crippen molar-refractivity contribution in [3.05, 3.63) is 12.8 Å². The Morgan fingerprint density at radius 2 is 2.38 bits per heavy atom. The highest BCUT2D eigenvalue weighted by Crippen LogP contribution is 2.15. The lowest BCUT2D eigenvalue weighted by Crippen LogP contribution is -2.25. The van der Waals surface area contributed by atoms with E-state index in [9.17, 15) is 9.59 Å². The van der Waals surface area contributed by atoms with Crippen LogP contribution in [-0.2, 0) is 14.3 Å². The van der Waals surface area contributed by atoms with Crippen molar-refractivity contribution >= 4 is 17.6 Å². The molecule has 0 saturated heterocycles. The molecular formula is C8H10N2O3. The lowest BCUT2D eigenvalue weighted by atomic mass is 10.1. The maximum atomic E-state index is 11.3. The maximum Gasteiger partial charge on any atom is 0.355 e. The molecule has 5 nitrogen and oxygen atoms in total. The number of ether oxygens (including phenoxy) is 1.